The standard InChI is InChI=1S/C16H26N2O2/c1-3-5-14(6-4-2)18-15-9-7-13(8-10-15)16(20)17-11-12-19/h7-10,14,18-19H,3-6,11-12H2,1-2H3,(H,17,20). The maximum Gasteiger partial charge on any atom is 0.251 e. The number of benzene rings is 1. The van der Waals surface area contributed by atoms with Crippen molar-refractivity contribution >= 4 is 11.6 Å². The van der Waals surface area contributed by atoms with Gasteiger partial charge in [-0.1, -0.05) is 26.7 Å². The first kappa shape index (κ1) is 16.5. The molecule has 0 unspecified atom stereocenters. The van der Waals surface area contributed by atoms with Crippen LogP contribution < -0.4 is 10.6 Å². The Morgan fingerprint density at radius 2 is 1.75 bits per heavy atom. The van der Waals surface area contributed by atoms with E-state index in [4.69, 9.17) is 5.11 Å². The smallest absolute Gasteiger partial charge is 0.251 e. The van der Waals surface area contributed by atoms with Crippen molar-refractivity contribution in [2.45, 2.75) is 45.6 Å². The van der Waals surface area contributed by atoms with E-state index < -0.39 is 0 Å². The Kier molecular flexibility index (Phi) is 7.73. The zero-order valence-electron chi connectivity index (χ0n) is 12.5. The van der Waals surface area contributed by atoms with Crippen LogP contribution in [0.4, 0.5) is 5.69 Å². The van der Waals surface area contributed by atoms with E-state index in [1.54, 1.807) is 0 Å². The average Bonchev–Trinajstić information content (AvgIpc) is 2.46. The van der Waals surface area contributed by atoms with Gasteiger partial charge in [-0.25, -0.2) is 0 Å². The van der Waals surface area contributed by atoms with Crippen LogP contribution in [-0.4, -0.2) is 30.2 Å². The SMILES string of the molecule is CCCC(CCC)Nc1ccc(C(=O)NCCO)cc1. The Balaban J connectivity index is 2.58. The van der Waals surface area contributed by atoms with E-state index in [0.29, 0.717) is 11.6 Å². The van der Waals surface area contributed by atoms with Gasteiger partial charge in [-0.3, -0.25) is 4.79 Å². The monoisotopic (exact) mass is 278 g/mol. The second-order valence-electron chi connectivity index (χ2n) is 4.98. The van der Waals surface area contributed by atoms with Crippen molar-refractivity contribution in [3.63, 3.8) is 0 Å². The molecule has 0 atom stereocenters. The highest BCUT2D eigenvalue weighted by molar-refractivity contribution is 5.94. The lowest BCUT2D eigenvalue weighted by molar-refractivity contribution is 0.0945. The summed E-state index contributed by atoms with van der Waals surface area (Å²) < 4.78 is 0. The second kappa shape index (κ2) is 9.37. The summed E-state index contributed by atoms with van der Waals surface area (Å²) >= 11 is 0. The fourth-order valence-electron chi connectivity index (χ4n) is 2.21. The third kappa shape index (κ3) is 5.61. The lowest BCUT2D eigenvalue weighted by atomic mass is 10.1. The number of anilines is 1. The molecule has 1 aromatic rings. The van der Waals surface area contributed by atoms with Gasteiger partial charge in [0, 0.05) is 23.8 Å². The highest BCUT2D eigenvalue weighted by Gasteiger charge is 2.08. The molecule has 3 N–H and O–H groups in total. The van der Waals surface area contributed by atoms with Gasteiger partial charge in [-0.2, -0.15) is 0 Å². The van der Waals surface area contributed by atoms with Crippen LogP contribution in [0.15, 0.2) is 24.3 Å². The molecule has 0 bridgehead atoms. The van der Waals surface area contributed by atoms with Crippen LogP contribution in [0.2, 0.25) is 0 Å². The molecule has 4 nitrogen and oxygen atoms in total. The molecule has 0 saturated heterocycles. The lowest BCUT2D eigenvalue weighted by Crippen LogP contribution is -2.26. The van der Waals surface area contributed by atoms with Crippen LogP contribution in [0.5, 0.6) is 0 Å². The van der Waals surface area contributed by atoms with Gasteiger partial charge in [0.05, 0.1) is 6.61 Å². The summed E-state index contributed by atoms with van der Waals surface area (Å²) in [6.45, 7) is 4.63. The topological polar surface area (TPSA) is 61.4 Å². The molecule has 112 valence electrons. The van der Waals surface area contributed by atoms with Crippen LogP contribution in [0, 0.1) is 0 Å². The lowest BCUT2D eigenvalue weighted by Gasteiger charge is -2.18. The Bertz CT molecular complexity index is 384. The molecular formula is C16H26N2O2. The summed E-state index contributed by atoms with van der Waals surface area (Å²) in [6.07, 6.45) is 4.65. The molecule has 0 aliphatic rings. The molecular weight excluding hydrogens is 252 g/mol. The molecule has 20 heavy (non-hydrogen) atoms. The number of rotatable bonds is 9. The average molecular weight is 278 g/mol. The molecule has 1 aromatic carbocycles. The molecule has 1 rings (SSSR count). The van der Waals surface area contributed by atoms with E-state index in [9.17, 15) is 4.79 Å². The van der Waals surface area contributed by atoms with E-state index in [0.717, 1.165) is 18.5 Å². The Morgan fingerprint density at radius 1 is 1.15 bits per heavy atom. The fraction of sp³-hybridized carbons (Fsp3) is 0.562. The zero-order valence-corrected chi connectivity index (χ0v) is 12.5. The number of hydrogen-bond donors (Lipinski definition) is 3. The van der Waals surface area contributed by atoms with Gasteiger partial charge < -0.3 is 15.7 Å². The number of hydrogen-bond acceptors (Lipinski definition) is 3. The first-order chi connectivity index (χ1) is 9.71. The second-order valence-corrected chi connectivity index (χ2v) is 4.98. The van der Waals surface area contributed by atoms with Gasteiger partial charge in [0.2, 0.25) is 0 Å². The maximum atomic E-state index is 11.7. The quantitative estimate of drug-likeness (QED) is 0.651. The summed E-state index contributed by atoms with van der Waals surface area (Å²) in [5.41, 5.74) is 1.67. The number of nitrogens with one attached hydrogen (secondary N) is 2. The predicted molar refractivity (Wildman–Crippen MR) is 83.1 cm³/mol. The minimum absolute atomic E-state index is 0.0406. The number of carbonyl (C=O) groups excluding carboxylic acids is 1. The van der Waals surface area contributed by atoms with Crippen molar-refractivity contribution in [1.29, 1.82) is 0 Å². The van der Waals surface area contributed by atoms with E-state index in [2.05, 4.69) is 24.5 Å². The molecule has 0 heterocycles. The summed E-state index contributed by atoms with van der Waals surface area (Å²) in [5, 5.41) is 14.8. The summed E-state index contributed by atoms with van der Waals surface area (Å²) in [6, 6.07) is 7.99. The summed E-state index contributed by atoms with van der Waals surface area (Å²) in [7, 11) is 0. The Hall–Kier alpha value is -1.55. The Morgan fingerprint density at radius 3 is 2.25 bits per heavy atom. The molecule has 1 amide bonds. The molecule has 0 aliphatic carbocycles. The third-order valence-corrected chi connectivity index (χ3v) is 3.19. The van der Waals surface area contributed by atoms with E-state index in [-0.39, 0.29) is 19.1 Å². The number of amides is 1. The van der Waals surface area contributed by atoms with Gasteiger partial charge in [0.1, 0.15) is 0 Å². The predicted octanol–water partition coefficient (Wildman–Crippen LogP) is 2.79. The van der Waals surface area contributed by atoms with E-state index in [1.165, 1.54) is 12.8 Å². The van der Waals surface area contributed by atoms with Crippen molar-refractivity contribution in [3.05, 3.63) is 29.8 Å². The third-order valence-electron chi connectivity index (χ3n) is 3.19. The van der Waals surface area contributed by atoms with Gasteiger partial charge in [0.25, 0.3) is 5.91 Å². The van der Waals surface area contributed by atoms with Crippen LogP contribution in [0.25, 0.3) is 0 Å². The van der Waals surface area contributed by atoms with Crippen LogP contribution in [0.3, 0.4) is 0 Å². The zero-order chi connectivity index (χ0) is 14.8. The molecule has 0 fully saturated rings. The molecule has 0 saturated carbocycles. The van der Waals surface area contributed by atoms with Crippen LogP contribution in [-0.2, 0) is 0 Å². The first-order valence-electron chi connectivity index (χ1n) is 7.46. The van der Waals surface area contributed by atoms with Gasteiger partial charge in [-0.05, 0) is 37.1 Å². The van der Waals surface area contributed by atoms with E-state index in [1.807, 2.05) is 24.3 Å². The molecule has 0 spiro atoms. The molecule has 0 radical (unpaired) electrons. The van der Waals surface area contributed by atoms with Crippen molar-refractivity contribution in [2.75, 3.05) is 18.5 Å². The normalized spacial score (nSPS) is 10.6. The molecule has 0 aromatic heterocycles. The minimum atomic E-state index is -0.149. The maximum absolute atomic E-state index is 11.7. The van der Waals surface area contributed by atoms with Crippen molar-refractivity contribution in [3.8, 4) is 0 Å². The van der Waals surface area contributed by atoms with Crippen molar-refractivity contribution in [1.82, 2.24) is 5.32 Å². The highest BCUT2D eigenvalue weighted by Crippen LogP contribution is 2.15. The minimum Gasteiger partial charge on any atom is -0.395 e. The molecule has 0 aliphatic heterocycles. The van der Waals surface area contributed by atoms with Gasteiger partial charge in [0.15, 0.2) is 0 Å². The van der Waals surface area contributed by atoms with Crippen molar-refractivity contribution < 1.29 is 9.90 Å². The highest BCUT2D eigenvalue weighted by atomic mass is 16.3. The van der Waals surface area contributed by atoms with Gasteiger partial charge >= 0.3 is 0 Å². The molecule has 4 heteroatoms. The summed E-state index contributed by atoms with van der Waals surface area (Å²) in [4.78, 5) is 11.7. The van der Waals surface area contributed by atoms with Crippen LogP contribution >= 0.6 is 0 Å². The largest absolute Gasteiger partial charge is 0.395 e. The van der Waals surface area contributed by atoms with E-state index >= 15 is 0 Å². The number of aliphatic hydroxyl groups is 1. The summed E-state index contributed by atoms with van der Waals surface area (Å²) in [5.74, 6) is -0.149. The van der Waals surface area contributed by atoms with Gasteiger partial charge in [-0.15, -0.1) is 0 Å². The van der Waals surface area contributed by atoms with Crippen molar-refractivity contribution in [2.24, 2.45) is 0 Å². The number of aliphatic hydroxyl groups excluding tert-OH is 1. The van der Waals surface area contributed by atoms with Crippen LogP contribution in [0.1, 0.15) is 49.9 Å². The first-order valence-corrected chi connectivity index (χ1v) is 7.46. The Labute approximate surface area is 121 Å². The fourth-order valence-corrected chi connectivity index (χ4v) is 2.21. The number of carbonyl (C=O) groups is 1.